The third-order valence-corrected chi connectivity index (χ3v) is 4.82. The van der Waals surface area contributed by atoms with Gasteiger partial charge in [0, 0.05) is 5.54 Å². The van der Waals surface area contributed by atoms with Gasteiger partial charge in [0.1, 0.15) is 0 Å². The van der Waals surface area contributed by atoms with E-state index in [2.05, 4.69) is 19.2 Å². The first-order valence-corrected chi connectivity index (χ1v) is 6.99. The van der Waals surface area contributed by atoms with Crippen LogP contribution in [0.4, 0.5) is 0 Å². The molecule has 2 fully saturated rings. The molecule has 1 saturated carbocycles. The van der Waals surface area contributed by atoms with Crippen LogP contribution in [-0.2, 0) is 0 Å². The van der Waals surface area contributed by atoms with Gasteiger partial charge in [0.05, 0.1) is 0 Å². The smallest absolute Gasteiger partial charge is 0.0182 e. The monoisotopic (exact) mass is 209 g/mol. The van der Waals surface area contributed by atoms with Gasteiger partial charge in [0.2, 0.25) is 0 Å². The van der Waals surface area contributed by atoms with Crippen LogP contribution in [0.3, 0.4) is 0 Å². The van der Waals surface area contributed by atoms with Crippen molar-refractivity contribution in [3.05, 3.63) is 0 Å². The number of nitrogens with one attached hydrogen (secondary N) is 1. The number of hydrogen-bond donors (Lipinski definition) is 1. The lowest BCUT2D eigenvalue weighted by Crippen LogP contribution is -2.41. The van der Waals surface area contributed by atoms with E-state index in [1.165, 1.54) is 57.9 Å². The molecule has 0 bridgehead atoms. The fourth-order valence-electron chi connectivity index (χ4n) is 3.57. The van der Waals surface area contributed by atoms with E-state index in [9.17, 15) is 0 Å². The van der Waals surface area contributed by atoms with E-state index in [1.54, 1.807) is 0 Å². The molecule has 1 saturated heterocycles. The molecule has 0 radical (unpaired) electrons. The number of hydrogen-bond acceptors (Lipinski definition) is 1. The Labute approximate surface area is 95.0 Å². The van der Waals surface area contributed by atoms with Crippen LogP contribution in [0.2, 0.25) is 0 Å². The van der Waals surface area contributed by atoms with Crippen LogP contribution in [-0.4, -0.2) is 12.1 Å². The Morgan fingerprint density at radius 3 is 2.47 bits per heavy atom. The summed E-state index contributed by atoms with van der Waals surface area (Å²) >= 11 is 0. The van der Waals surface area contributed by atoms with Gasteiger partial charge in [-0.2, -0.15) is 0 Å². The van der Waals surface area contributed by atoms with Gasteiger partial charge >= 0.3 is 0 Å². The van der Waals surface area contributed by atoms with Crippen LogP contribution in [0.5, 0.6) is 0 Å². The molecule has 1 aliphatic carbocycles. The molecule has 2 aliphatic rings. The summed E-state index contributed by atoms with van der Waals surface area (Å²) < 4.78 is 0. The van der Waals surface area contributed by atoms with E-state index >= 15 is 0 Å². The molecule has 1 aliphatic heterocycles. The van der Waals surface area contributed by atoms with E-state index in [0.717, 1.165) is 11.8 Å². The third-order valence-electron chi connectivity index (χ3n) is 4.82. The zero-order chi connectivity index (χ0) is 10.7. The van der Waals surface area contributed by atoms with E-state index in [1.807, 2.05) is 0 Å². The molecule has 15 heavy (non-hydrogen) atoms. The lowest BCUT2D eigenvalue weighted by Gasteiger charge is -2.35. The van der Waals surface area contributed by atoms with Gasteiger partial charge in [0.25, 0.3) is 0 Å². The molecule has 1 N–H and O–H groups in total. The Morgan fingerprint density at radius 1 is 1.20 bits per heavy atom. The third kappa shape index (κ3) is 2.75. The summed E-state index contributed by atoms with van der Waals surface area (Å²) in [4.78, 5) is 0. The van der Waals surface area contributed by atoms with Crippen LogP contribution in [0.25, 0.3) is 0 Å². The lowest BCUT2D eigenvalue weighted by molar-refractivity contribution is 0.207. The first-order chi connectivity index (χ1) is 7.24. The molecule has 0 aromatic rings. The summed E-state index contributed by atoms with van der Waals surface area (Å²) in [6.07, 6.45) is 11.5. The summed E-state index contributed by atoms with van der Waals surface area (Å²) in [5.41, 5.74) is 0.533. The molecular weight excluding hydrogens is 182 g/mol. The number of rotatable bonds is 3. The van der Waals surface area contributed by atoms with Crippen molar-refractivity contribution in [1.29, 1.82) is 0 Å². The second-order valence-electron chi connectivity index (χ2n) is 5.99. The normalized spacial score (nSPS) is 42.0. The minimum absolute atomic E-state index is 0.533. The second-order valence-corrected chi connectivity index (χ2v) is 5.99. The van der Waals surface area contributed by atoms with Gasteiger partial charge in [-0.25, -0.2) is 0 Å². The predicted molar refractivity (Wildman–Crippen MR) is 66.0 cm³/mol. The molecule has 1 nitrogen and oxygen atoms in total. The van der Waals surface area contributed by atoms with Crippen molar-refractivity contribution in [2.45, 2.75) is 70.8 Å². The van der Waals surface area contributed by atoms with Crippen molar-refractivity contribution in [1.82, 2.24) is 5.32 Å². The highest BCUT2D eigenvalue weighted by atomic mass is 15.0. The average molecular weight is 209 g/mol. The predicted octanol–water partition coefficient (Wildman–Crippen LogP) is 3.74. The standard InChI is InChI=1S/C14H27N/c1-3-14(9-4-10-15-14)11-13-7-5-12(2)6-8-13/h12-13,15H,3-11H2,1-2H3. The Bertz CT molecular complexity index is 186. The van der Waals surface area contributed by atoms with Crippen LogP contribution in [0, 0.1) is 11.8 Å². The van der Waals surface area contributed by atoms with Crippen LogP contribution >= 0.6 is 0 Å². The average Bonchev–Trinajstić information content (AvgIpc) is 2.71. The van der Waals surface area contributed by atoms with Crippen molar-refractivity contribution < 1.29 is 0 Å². The van der Waals surface area contributed by atoms with Gasteiger partial charge in [-0.3, -0.25) is 0 Å². The summed E-state index contributed by atoms with van der Waals surface area (Å²) in [7, 11) is 0. The highest BCUT2D eigenvalue weighted by Gasteiger charge is 2.34. The van der Waals surface area contributed by atoms with Crippen molar-refractivity contribution in [3.8, 4) is 0 Å². The molecular formula is C14H27N. The molecule has 0 spiro atoms. The summed E-state index contributed by atoms with van der Waals surface area (Å²) in [5.74, 6) is 2.02. The van der Waals surface area contributed by atoms with E-state index in [4.69, 9.17) is 0 Å². The molecule has 1 atom stereocenters. The van der Waals surface area contributed by atoms with Gasteiger partial charge < -0.3 is 5.32 Å². The van der Waals surface area contributed by atoms with Gasteiger partial charge in [-0.05, 0) is 44.1 Å². The molecule has 1 heteroatoms. The minimum Gasteiger partial charge on any atom is -0.311 e. The van der Waals surface area contributed by atoms with Crippen molar-refractivity contribution in [3.63, 3.8) is 0 Å². The molecule has 0 amide bonds. The van der Waals surface area contributed by atoms with Crippen LogP contribution < -0.4 is 5.32 Å². The van der Waals surface area contributed by atoms with Gasteiger partial charge in [-0.15, -0.1) is 0 Å². The summed E-state index contributed by atoms with van der Waals surface area (Å²) in [6, 6.07) is 0. The first kappa shape index (κ1) is 11.4. The molecule has 88 valence electrons. The molecule has 1 heterocycles. The zero-order valence-electron chi connectivity index (χ0n) is 10.5. The largest absolute Gasteiger partial charge is 0.311 e. The first-order valence-electron chi connectivity index (χ1n) is 6.99. The highest BCUT2D eigenvalue weighted by molar-refractivity contribution is 4.94. The maximum atomic E-state index is 3.78. The molecule has 0 aromatic heterocycles. The van der Waals surface area contributed by atoms with Crippen LogP contribution in [0.1, 0.15) is 65.2 Å². The van der Waals surface area contributed by atoms with Gasteiger partial charge in [-0.1, -0.05) is 39.5 Å². The van der Waals surface area contributed by atoms with E-state index < -0.39 is 0 Å². The zero-order valence-corrected chi connectivity index (χ0v) is 10.5. The lowest BCUT2D eigenvalue weighted by atomic mass is 9.75. The van der Waals surface area contributed by atoms with Crippen molar-refractivity contribution in [2.24, 2.45) is 11.8 Å². The van der Waals surface area contributed by atoms with E-state index in [0.29, 0.717) is 5.54 Å². The topological polar surface area (TPSA) is 12.0 Å². The maximum Gasteiger partial charge on any atom is 0.0182 e. The Kier molecular flexibility index (Phi) is 3.71. The SMILES string of the molecule is CCC1(CC2CCC(C)CC2)CCCN1. The highest BCUT2D eigenvalue weighted by Crippen LogP contribution is 2.37. The second kappa shape index (κ2) is 4.86. The van der Waals surface area contributed by atoms with Gasteiger partial charge in [0.15, 0.2) is 0 Å². The fraction of sp³-hybridized carbons (Fsp3) is 1.00. The fourth-order valence-corrected chi connectivity index (χ4v) is 3.57. The van der Waals surface area contributed by atoms with E-state index in [-0.39, 0.29) is 0 Å². The maximum absolute atomic E-state index is 3.78. The Balaban J connectivity index is 1.84. The van der Waals surface area contributed by atoms with Crippen molar-refractivity contribution >= 4 is 0 Å². The van der Waals surface area contributed by atoms with Crippen molar-refractivity contribution in [2.75, 3.05) is 6.54 Å². The molecule has 2 rings (SSSR count). The minimum atomic E-state index is 0.533. The summed E-state index contributed by atoms with van der Waals surface area (Å²) in [5, 5.41) is 3.78. The Morgan fingerprint density at radius 2 is 1.93 bits per heavy atom. The molecule has 1 unspecified atom stereocenters. The van der Waals surface area contributed by atoms with Crippen LogP contribution in [0.15, 0.2) is 0 Å². The Hall–Kier alpha value is -0.0400. The quantitative estimate of drug-likeness (QED) is 0.746. The molecule has 0 aromatic carbocycles. The summed E-state index contributed by atoms with van der Waals surface area (Å²) in [6.45, 7) is 6.04.